The maximum Gasteiger partial charge on any atom is 0.0847 e. The summed E-state index contributed by atoms with van der Waals surface area (Å²) in [6.45, 7) is 13.1. The van der Waals surface area contributed by atoms with Gasteiger partial charge in [0.15, 0.2) is 0 Å². The average molecular weight is 441 g/mol. The quantitative estimate of drug-likeness (QED) is 0.442. The van der Waals surface area contributed by atoms with Gasteiger partial charge in [-0.05, 0) is 91.9 Å². The Hall–Kier alpha value is -0.860. The van der Waals surface area contributed by atoms with Crippen LogP contribution in [0.4, 0.5) is 0 Å². The Morgan fingerprint density at radius 2 is 2.03 bits per heavy atom. The minimum atomic E-state index is -0.347. The molecule has 0 aromatic carbocycles. The molecule has 32 heavy (non-hydrogen) atoms. The SMILES string of the molecule is C[C@H](CCCC(C)(C)C)C1CCC2/C(=C/C=C3/C[C@@H](O)C4=CCCO[C@@H]4C3)CCC[C@@]21C. The molecule has 0 bridgehead atoms. The Morgan fingerprint density at radius 1 is 1.22 bits per heavy atom. The van der Waals surface area contributed by atoms with Gasteiger partial charge in [0.2, 0.25) is 0 Å². The zero-order valence-corrected chi connectivity index (χ0v) is 21.5. The third kappa shape index (κ3) is 5.27. The van der Waals surface area contributed by atoms with Crippen LogP contribution in [0.15, 0.2) is 34.9 Å². The molecule has 2 unspecified atom stereocenters. The van der Waals surface area contributed by atoms with Gasteiger partial charge in [0.1, 0.15) is 0 Å². The van der Waals surface area contributed by atoms with Crippen molar-refractivity contribution < 1.29 is 9.84 Å². The summed E-state index contributed by atoms with van der Waals surface area (Å²) in [6.07, 6.45) is 20.4. The number of ether oxygens (including phenoxy) is 1. The number of fused-ring (bicyclic) bond motifs is 2. The molecule has 0 aromatic rings. The predicted octanol–water partition coefficient (Wildman–Crippen LogP) is 7.78. The number of rotatable bonds is 5. The van der Waals surface area contributed by atoms with Crippen LogP contribution in [0, 0.1) is 28.6 Å². The van der Waals surface area contributed by atoms with Gasteiger partial charge in [0.25, 0.3) is 0 Å². The van der Waals surface area contributed by atoms with Crippen molar-refractivity contribution in [3.63, 3.8) is 0 Å². The van der Waals surface area contributed by atoms with Crippen LogP contribution in [0.1, 0.15) is 105 Å². The predicted molar refractivity (Wildman–Crippen MR) is 134 cm³/mol. The van der Waals surface area contributed by atoms with E-state index in [1.165, 1.54) is 56.9 Å². The first-order valence-electron chi connectivity index (χ1n) is 13.6. The first-order chi connectivity index (χ1) is 15.2. The Balaban J connectivity index is 1.42. The van der Waals surface area contributed by atoms with Crippen molar-refractivity contribution in [3.8, 4) is 0 Å². The van der Waals surface area contributed by atoms with Gasteiger partial charge in [-0.1, -0.05) is 76.8 Å². The summed E-state index contributed by atoms with van der Waals surface area (Å²) in [5, 5.41) is 10.6. The Labute approximate surface area is 197 Å². The topological polar surface area (TPSA) is 29.5 Å². The second kappa shape index (κ2) is 9.79. The summed E-state index contributed by atoms with van der Waals surface area (Å²) in [7, 11) is 0. The fourth-order valence-corrected chi connectivity index (χ4v) is 7.61. The number of allylic oxidation sites excluding steroid dienone is 3. The van der Waals surface area contributed by atoms with E-state index in [4.69, 9.17) is 4.74 Å². The first kappa shape index (κ1) is 24.3. The molecule has 2 nitrogen and oxygen atoms in total. The van der Waals surface area contributed by atoms with E-state index in [0.29, 0.717) is 10.8 Å². The third-order valence-corrected chi connectivity index (χ3v) is 9.32. The van der Waals surface area contributed by atoms with Gasteiger partial charge < -0.3 is 9.84 Å². The second-order valence-electron chi connectivity index (χ2n) is 12.9. The van der Waals surface area contributed by atoms with E-state index in [9.17, 15) is 5.11 Å². The molecule has 0 spiro atoms. The molecule has 2 heteroatoms. The van der Waals surface area contributed by atoms with Crippen molar-refractivity contribution in [2.24, 2.45) is 28.6 Å². The number of aliphatic hydroxyl groups is 1. The molecule has 1 aliphatic heterocycles. The summed E-state index contributed by atoms with van der Waals surface area (Å²) in [5.74, 6) is 2.48. The van der Waals surface area contributed by atoms with E-state index >= 15 is 0 Å². The third-order valence-electron chi connectivity index (χ3n) is 9.32. The lowest BCUT2D eigenvalue weighted by atomic mass is 9.60. The summed E-state index contributed by atoms with van der Waals surface area (Å²) < 4.78 is 5.96. The number of hydrogen-bond acceptors (Lipinski definition) is 2. The van der Waals surface area contributed by atoms with Gasteiger partial charge in [0, 0.05) is 0 Å². The lowest BCUT2D eigenvalue weighted by Crippen LogP contribution is -2.36. The number of aliphatic hydroxyl groups excluding tert-OH is 1. The highest BCUT2D eigenvalue weighted by atomic mass is 16.5. The highest BCUT2D eigenvalue weighted by Crippen LogP contribution is 2.60. The molecule has 3 aliphatic carbocycles. The van der Waals surface area contributed by atoms with E-state index in [-0.39, 0.29) is 12.2 Å². The molecule has 0 aromatic heterocycles. The molecule has 1 N–H and O–H groups in total. The van der Waals surface area contributed by atoms with Crippen LogP contribution in [0.25, 0.3) is 0 Å². The van der Waals surface area contributed by atoms with Crippen molar-refractivity contribution in [2.45, 2.75) is 117 Å². The van der Waals surface area contributed by atoms with Gasteiger partial charge in [-0.2, -0.15) is 0 Å². The van der Waals surface area contributed by atoms with Crippen molar-refractivity contribution in [2.75, 3.05) is 6.61 Å². The largest absolute Gasteiger partial charge is 0.388 e. The van der Waals surface area contributed by atoms with Gasteiger partial charge >= 0.3 is 0 Å². The maximum atomic E-state index is 10.6. The van der Waals surface area contributed by atoms with Gasteiger partial charge in [-0.3, -0.25) is 0 Å². The lowest BCUT2D eigenvalue weighted by molar-refractivity contribution is 0.0368. The Kier molecular flexibility index (Phi) is 7.42. The highest BCUT2D eigenvalue weighted by Gasteiger charge is 2.50. The van der Waals surface area contributed by atoms with Crippen molar-refractivity contribution in [1.29, 1.82) is 0 Å². The number of hydrogen-bond donors (Lipinski definition) is 1. The summed E-state index contributed by atoms with van der Waals surface area (Å²) in [5.41, 5.74) is 5.13. The van der Waals surface area contributed by atoms with Crippen molar-refractivity contribution in [3.05, 3.63) is 34.9 Å². The highest BCUT2D eigenvalue weighted by molar-refractivity contribution is 5.31. The summed E-state index contributed by atoms with van der Waals surface area (Å²) >= 11 is 0. The minimum absolute atomic E-state index is 0.110. The van der Waals surface area contributed by atoms with E-state index in [0.717, 1.165) is 49.2 Å². The molecular weight excluding hydrogens is 392 g/mol. The standard InChI is InChI=1S/C30H48O2/c1-21(9-6-16-29(2,3)4)25-14-15-26-23(10-7-17-30(25,26)5)13-12-22-19-27(31)24-11-8-18-32-28(24)20-22/h11-13,21,25-28,31H,6-10,14-20H2,1-5H3/b22-12-,23-13+/t21-,25?,26?,27-,28-,30-/m1/s1. The van der Waals surface area contributed by atoms with E-state index in [2.05, 4.69) is 52.8 Å². The molecule has 0 radical (unpaired) electrons. The van der Waals surface area contributed by atoms with Crippen LogP contribution in [0.2, 0.25) is 0 Å². The molecule has 4 rings (SSSR count). The molecule has 3 saturated carbocycles. The molecule has 180 valence electrons. The second-order valence-corrected chi connectivity index (χ2v) is 12.9. The van der Waals surface area contributed by atoms with E-state index in [1.807, 2.05) is 0 Å². The smallest absolute Gasteiger partial charge is 0.0847 e. The van der Waals surface area contributed by atoms with E-state index < -0.39 is 0 Å². The van der Waals surface area contributed by atoms with Gasteiger partial charge in [0.05, 0.1) is 18.8 Å². The van der Waals surface area contributed by atoms with Crippen LogP contribution >= 0.6 is 0 Å². The van der Waals surface area contributed by atoms with E-state index in [1.54, 1.807) is 5.57 Å². The van der Waals surface area contributed by atoms with Crippen molar-refractivity contribution >= 4 is 0 Å². The fourth-order valence-electron chi connectivity index (χ4n) is 7.61. The first-order valence-corrected chi connectivity index (χ1v) is 13.6. The van der Waals surface area contributed by atoms with Crippen LogP contribution in [0.5, 0.6) is 0 Å². The normalized spacial score (nSPS) is 39.0. The van der Waals surface area contributed by atoms with Crippen LogP contribution < -0.4 is 0 Å². The van der Waals surface area contributed by atoms with Crippen molar-refractivity contribution in [1.82, 2.24) is 0 Å². The maximum absolute atomic E-state index is 10.6. The van der Waals surface area contributed by atoms with Gasteiger partial charge in [-0.25, -0.2) is 0 Å². The fraction of sp³-hybridized carbons (Fsp3) is 0.800. The molecule has 0 saturated heterocycles. The molecular formula is C30H48O2. The summed E-state index contributed by atoms with van der Waals surface area (Å²) in [4.78, 5) is 0. The molecule has 4 aliphatic rings. The lowest BCUT2D eigenvalue weighted by Gasteiger charge is -2.44. The minimum Gasteiger partial charge on any atom is -0.388 e. The molecule has 0 amide bonds. The van der Waals surface area contributed by atoms with Crippen LogP contribution in [-0.4, -0.2) is 23.9 Å². The summed E-state index contributed by atoms with van der Waals surface area (Å²) in [6, 6.07) is 0. The molecule has 1 heterocycles. The monoisotopic (exact) mass is 440 g/mol. The zero-order chi connectivity index (χ0) is 22.9. The Bertz CT molecular complexity index is 751. The van der Waals surface area contributed by atoms with Crippen LogP contribution in [-0.2, 0) is 4.74 Å². The molecule has 3 fully saturated rings. The Morgan fingerprint density at radius 3 is 2.81 bits per heavy atom. The van der Waals surface area contributed by atoms with Gasteiger partial charge in [-0.15, -0.1) is 0 Å². The average Bonchev–Trinajstić information content (AvgIpc) is 3.09. The zero-order valence-electron chi connectivity index (χ0n) is 21.5. The molecule has 6 atom stereocenters. The van der Waals surface area contributed by atoms with Crippen LogP contribution in [0.3, 0.4) is 0 Å².